The Hall–Kier alpha value is -4.64. The van der Waals surface area contributed by atoms with Crippen LogP contribution in [0.2, 0.25) is 0 Å². The minimum absolute atomic E-state index is 0.124. The molecule has 0 saturated carbocycles. The van der Waals surface area contributed by atoms with Gasteiger partial charge >= 0.3 is 0 Å². The number of benzene rings is 2. The molecule has 2 aromatic carbocycles. The lowest BCUT2D eigenvalue weighted by atomic mass is 10.1. The van der Waals surface area contributed by atoms with Gasteiger partial charge in [-0.05, 0) is 82.1 Å². The summed E-state index contributed by atoms with van der Waals surface area (Å²) < 4.78 is 34.9. The number of sulfone groups is 1. The highest BCUT2D eigenvalue weighted by Crippen LogP contribution is 2.34. The first-order valence-electron chi connectivity index (χ1n) is 13.4. The molecule has 11 heteroatoms. The average Bonchev–Trinajstić information content (AvgIpc) is 3.43. The molecule has 3 heterocycles. The maximum atomic E-state index is 13.4. The highest BCUT2D eigenvalue weighted by Gasteiger charge is 2.27. The minimum Gasteiger partial charge on any atom is -0.456 e. The van der Waals surface area contributed by atoms with Crippen molar-refractivity contribution in [2.45, 2.75) is 56.7 Å². The van der Waals surface area contributed by atoms with Crippen molar-refractivity contribution in [2.75, 3.05) is 5.32 Å². The lowest BCUT2D eigenvalue weighted by Gasteiger charge is -2.18. The Morgan fingerprint density at radius 3 is 2.45 bits per heavy atom. The fourth-order valence-corrected chi connectivity index (χ4v) is 5.78. The van der Waals surface area contributed by atoms with Gasteiger partial charge in [0.2, 0.25) is 5.91 Å². The summed E-state index contributed by atoms with van der Waals surface area (Å²) in [6.45, 7) is 9.57. The second-order valence-electron chi connectivity index (χ2n) is 11.1. The molecule has 1 N–H and O–H groups in total. The van der Waals surface area contributed by atoms with Gasteiger partial charge in [-0.15, -0.1) is 0 Å². The first-order chi connectivity index (χ1) is 19.9. The van der Waals surface area contributed by atoms with Crippen molar-refractivity contribution in [1.82, 2.24) is 24.7 Å². The highest BCUT2D eigenvalue weighted by molar-refractivity contribution is 7.91. The third kappa shape index (κ3) is 6.15. The van der Waals surface area contributed by atoms with Crippen LogP contribution in [-0.4, -0.2) is 39.1 Å². The predicted molar refractivity (Wildman–Crippen MR) is 160 cm³/mol. The van der Waals surface area contributed by atoms with Crippen LogP contribution in [0.25, 0.3) is 10.9 Å². The Morgan fingerprint density at radius 2 is 1.76 bits per heavy atom. The van der Waals surface area contributed by atoms with E-state index >= 15 is 0 Å². The lowest BCUT2D eigenvalue weighted by Crippen LogP contribution is -2.22. The number of hydrogen-bond acceptors (Lipinski definition) is 8. The summed E-state index contributed by atoms with van der Waals surface area (Å²) in [5.41, 5.74) is 2.70. The van der Waals surface area contributed by atoms with Crippen LogP contribution in [0.4, 0.5) is 5.69 Å². The van der Waals surface area contributed by atoms with Gasteiger partial charge in [0.15, 0.2) is 9.84 Å². The van der Waals surface area contributed by atoms with E-state index < -0.39 is 15.1 Å². The van der Waals surface area contributed by atoms with E-state index in [4.69, 9.17) is 4.74 Å². The van der Waals surface area contributed by atoms with Crippen LogP contribution in [0.15, 0.2) is 84.4 Å². The zero-order valence-electron chi connectivity index (χ0n) is 24.1. The van der Waals surface area contributed by atoms with E-state index in [1.807, 2.05) is 46.0 Å². The predicted octanol–water partition coefficient (Wildman–Crippen LogP) is 5.79. The number of aryl methyl sites for hydroxylation is 1. The monoisotopic (exact) mass is 584 g/mol. The summed E-state index contributed by atoms with van der Waals surface area (Å²) in [7, 11) is -3.78. The van der Waals surface area contributed by atoms with Crippen molar-refractivity contribution in [1.29, 1.82) is 0 Å². The minimum atomic E-state index is -3.78. The summed E-state index contributed by atoms with van der Waals surface area (Å²) in [6.07, 6.45) is 8.29. The van der Waals surface area contributed by atoms with Crippen molar-refractivity contribution in [2.24, 2.45) is 0 Å². The number of pyridine rings is 1. The Kier molecular flexibility index (Phi) is 7.79. The van der Waals surface area contributed by atoms with Gasteiger partial charge in [0.05, 0.1) is 34.3 Å². The molecule has 216 valence electrons. The van der Waals surface area contributed by atoms with Gasteiger partial charge in [-0.1, -0.05) is 12.1 Å². The molecular formula is C31H32N6O4S. The van der Waals surface area contributed by atoms with Gasteiger partial charge < -0.3 is 10.1 Å². The number of ether oxygens (including phenoxy) is 1. The van der Waals surface area contributed by atoms with Crippen LogP contribution in [0.1, 0.15) is 49.9 Å². The first kappa shape index (κ1) is 28.9. The van der Waals surface area contributed by atoms with Crippen LogP contribution >= 0.6 is 0 Å². The van der Waals surface area contributed by atoms with Crippen molar-refractivity contribution in [3.8, 4) is 11.5 Å². The molecule has 0 aliphatic carbocycles. The topological polar surface area (TPSA) is 129 Å². The molecule has 5 aromatic rings. The van der Waals surface area contributed by atoms with E-state index in [0.717, 1.165) is 11.1 Å². The summed E-state index contributed by atoms with van der Waals surface area (Å²) >= 11 is 0. The number of nitrogens with zero attached hydrogens (tertiary/aromatic N) is 5. The Bertz CT molecular complexity index is 1860. The van der Waals surface area contributed by atoms with Crippen LogP contribution in [0.5, 0.6) is 11.5 Å². The van der Waals surface area contributed by atoms with Gasteiger partial charge in [0.25, 0.3) is 0 Å². The summed E-state index contributed by atoms with van der Waals surface area (Å²) in [4.78, 5) is 25.4. The largest absolute Gasteiger partial charge is 0.456 e. The molecule has 0 saturated heterocycles. The third-order valence-electron chi connectivity index (χ3n) is 6.79. The Labute approximate surface area is 244 Å². The number of amides is 1. The van der Waals surface area contributed by atoms with Crippen molar-refractivity contribution >= 4 is 32.3 Å². The maximum Gasteiger partial charge on any atom is 0.228 e. The summed E-state index contributed by atoms with van der Waals surface area (Å²) in [6, 6.07) is 13.6. The van der Waals surface area contributed by atoms with Crippen LogP contribution in [0.3, 0.4) is 0 Å². The number of fused-ring (bicyclic) bond motifs is 1. The molecule has 0 aliphatic rings. The third-order valence-corrected chi connectivity index (χ3v) is 8.85. The van der Waals surface area contributed by atoms with E-state index in [-0.39, 0.29) is 28.6 Å². The summed E-state index contributed by atoms with van der Waals surface area (Å²) in [5, 5.41) is 6.84. The van der Waals surface area contributed by atoms with E-state index in [1.165, 1.54) is 18.5 Å². The van der Waals surface area contributed by atoms with Gasteiger partial charge in [0.1, 0.15) is 22.6 Å². The molecule has 1 atom stereocenters. The number of anilines is 1. The van der Waals surface area contributed by atoms with E-state index in [0.29, 0.717) is 28.1 Å². The fraction of sp³-hybridized carbons (Fsp3) is 0.258. The van der Waals surface area contributed by atoms with E-state index in [2.05, 4.69) is 25.4 Å². The van der Waals surface area contributed by atoms with E-state index in [9.17, 15) is 13.2 Å². The smallest absolute Gasteiger partial charge is 0.228 e. The lowest BCUT2D eigenvalue weighted by molar-refractivity contribution is -0.115. The van der Waals surface area contributed by atoms with Crippen LogP contribution in [-0.2, 0) is 26.6 Å². The van der Waals surface area contributed by atoms with Gasteiger partial charge in [-0.2, -0.15) is 5.10 Å². The van der Waals surface area contributed by atoms with Gasteiger partial charge in [-0.3, -0.25) is 14.5 Å². The maximum absolute atomic E-state index is 13.4. The molecular weight excluding hydrogens is 552 g/mol. The molecule has 42 heavy (non-hydrogen) atoms. The second kappa shape index (κ2) is 11.3. The van der Waals surface area contributed by atoms with Crippen molar-refractivity contribution in [3.05, 3.63) is 96.5 Å². The Morgan fingerprint density at radius 1 is 1.00 bits per heavy atom. The van der Waals surface area contributed by atoms with Crippen molar-refractivity contribution < 1.29 is 17.9 Å². The number of carbonyl (C=O) groups is 1. The van der Waals surface area contributed by atoms with Crippen LogP contribution in [0, 0.1) is 6.92 Å². The van der Waals surface area contributed by atoms with Crippen molar-refractivity contribution in [3.63, 3.8) is 0 Å². The van der Waals surface area contributed by atoms with E-state index in [1.54, 1.807) is 54.3 Å². The number of aromatic nitrogens is 5. The number of carbonyl (C=O) groups excluding carboxylic acids is 1. The standard InChI is InChI=1S/C31H32N6O4S/c1-20-15-22(16-29(38)36-23-18-35-37(19-23)31(3,4)5)7-10-27(20)41-28-11-14-32-26-9-8-24(17-25(26)28)42(39,40)21(2)30-33-12-6-13-34-30/h6-15,17-19,21H,16H2,1-5H3,(H,36,38). The second-order valence-corrected chi connectivity index (χ2v) is 13.3. The molecule has 1 amide bonds. The summed E-state index contributed by atoms with van der Waals surface area (Å²) in [5.74, 6) is 1.12. The van der Waals surface area contributed by atoms with Crippen LogP contribution < -0.4 is 10.1 Å². The molecule has 0 spiro atoms. The Balaban J connectivity index is 1.34. The molecule has 0 fully saturated rings. The average molecular weight is 585 g/mol. The number of hydrogen-bond donors (Lipinski definition) is 1. The number of nitrogens with one attached hydrogen (secondary N) is 1. The fourth-order valence-electron chi connectivity index (χ4n) is 4.43. The molecule has 3 aromatic heterocycles. The van der Waals surface area contributed by atoms with Gasteiger partial charge in [-0.25, -0.2) is 18.4 Å². The number of rotatable bonds is 8. The first-order valence-corrected chi connectivity index (χ1v) is 15.0. The SMILES string of the molecule is Cc1cc(CC(=O)Nc2cnn(C(C)(C)C)c2)ccc1Oc1ccnc2ccc(S(=O)(=O)C(C)c3ncccn3)cc12. The normalized spacial score (nSPS) is 12.7. The quantitative estimate of drug-likeness (QED) is 0.243. The molecule has 10 nitrogen and oxygen atoms in total. The van der Waals surface area contributed by atoms with Gasteiger partial charge in [0, 0.05) is 30.2 Å². The highest BCUT2D eigenvalue weighted by atomic mass is 32.2. The molecule has 1 unspecified atom stereocenters. The zero-order valence-corrected chi connectivity index (χ0v) is 24.9. The molecule has 5 rings (SSSR count). The molecule has 0 radical (unpaired) electrons. The molecule has 0 aliphatic heterocycles. The molecule has 0 bridgehead atoms. The zero-order chi connectivity index (χ0) is 30.1.